The molecule has 5 N–H and O–H groups in total. The molecule has 0 amide bonds. The first kappa shape index (κ1) is 9.46. The molecule has 0 rings (SSSR count). The zero-order valence-corrected chi connectivity index (χ0v) is 5.50. The molecule has 3 nitrogen and oxygen atoms in total. The maximum absolute atomic E-state index is 4.79. The van der Waals surface area contributed by atoms with E-state index in [9.17, 15) is 0 Å². The van der Waals surface area contributed by atoms with Crippen LogP contribution in [0.5, 0.6) is 0 Å². The van der Waals surface area contributed by atoms with Gasteiger partial charge in [0.25, 0.3) is 0 Å². The molecular formula is CH6BrN3S. The van der Waals surface area contributed by atoms with Crippen molar-refractivity contribution in [1.82, 2.24) is 5.43 Å². The van der Waals surface area contributed by atoms with Crippen molar-refractivity contribution in [2.75, 3.05) is 0 Å². The first-order chi connectivity index (χ1) is 2.27. The molecule has 0 atom stereocenters. The zero-order chi connectivity index (χ0) is 4.28. The number of thiocarbonyl (C=S) groups is 1. The van der Waals surface area contributed by atoms with Crippen LogP contribution in [0, 0.1) is 0 Å². The van der Waals surface area contributed by atoms with Crippen LogP contribution in [0.2, 0.25) is 0 Å². The van der Waals surface area contributed by atoms with Crippen molar-refractivity contribution >= 4 is 34.3 Å². The standard InChI is InChI=1S/CH5N3S.BrH/c2-1(5)4-3;/h3H2,(H3,2,4,5);1H. The van der Waals surface area contributed by atoms with Gasteiger partial charge in [0.15, 0.2) is 5.11 Å². The van der Waals surface area contributed by atoms with Crippen LogP contribution in [0.4, 0.5) is 0 Å². The lowest BCUT2D eigenvalue weighted by Crippen LogP contribution is -2.34. The van der Waals surface area contributed by atoms with E-state index < -0.39 is 0 Å². The third kappa shape index (κ3) is 8.92. The third-order valence-corrected chi connectivity index (χ3v) is 0.260. The molecule has 0 aromatic heterocycles. The average Bonchev–Trinajstić information content (AvgIpc) is 1.38. The molecule has 38 valence electrons. The van der Waals surface area contributed by atoms with E-state index in [1.807, 2.05) is 5.43 Å². The molecule has 0 saturated heterocycles. The zero-order valence-electron chi connectivity index (χ0n) is 2.97. The van der Waals surface area contributed by atoms with E-state index in [4.69, 9.17) is 5.73 Å². The number of rotatable bonds is 0. The summed E-state index contributed by atoms with van der Waals surface area (Å²) in [5.41, 5.74) is 6.82. The van der Waals surface area contributed by atoms with Crippen LogP contribution in [-0.2, 0) is 0 Å². The molecule has 0 spiro atoms. The minimum Gasteiger partial charge on any atom is -0.375 e. The summed E-state index contributed by atoms with van der Waals surface area (Å²) in [6.07, 6.45) is 0. The number of hydrazine groups is 1. The lowest BCUT2D eigenvalue weighted by molar-refractivity contribution is 1.03. The Morgan fingerprint density at radius 2 is 1.83 bits per heavy atom. The summed E-state index contributed by atoms with van der Waals surface area (Å²) in [4.78, 5) is 0. The molecule has 0 unspecified atom stereocenters. The number of nitrogens with two attached hydrogens (primary N) is 2. The second kappa shape index (κ2) is 5.13. The Morgan fingerprint density at radius 1 is 1.67 bits per heavy atom. The van der Waals surface area contributed by atoms with Crippen molar-refractivity contribution < 1.29 is 0 Å². The maximum Gasteiger partial charge on any atom is 0.177 e. The Bertz CT molecular complexity index is 46.1. The molecule has 0 heterocycles. The Hall–Kier alpha value is 0.130. The van der Waals surface area contributed by atoms with E-state index in [-0.39, 0.29) is 22.1 Å². The van der Waals surface area contributed by atoms with Crippen molar-refractivity contribution in [2.45, 2.75) is 0 Å². The Morgan fingerprint density at radius 3 is 1.83 bits per heavy atom. The van der Waals surface area contributed by atoms with Gasteiger partial charge in [-0.1, -0.05) is 0 Å². The van der Waals surface area contributed by atoms with Gasteiger partial charge in [0.2, 0.25) is 0 Å². The van der Waals surface area contributed by atoms with Gasteiger partial charge in [0.1, 0.15) is 0 Å². The van der Waals surface area contributed by atoms with E-state index >= 15 is 0 Å². The summed E-state index contributed by atoms with van der Waals surface area (Å²) >= 11 is 4.24. The first-order valence-electron chi connectivity index (χ1n) is 1.03. The smallest absolute Gasteiger partial charge is 0.177 e. The third-order valence-electron chi connectivity index (χ3n) is 0.142. The van der Waals surface area contributed by atoms with Crippen molar-refractivity contribution in [3.05, 3.63) is 0 Å². The quantitative estimate of drug-likeness (QED) is 0.256. The molecule has 5 heteroatoms. The van der Waals surface area contributed by atoms with Gasteiger partial charge < -0.3 is 11.2 Å². The molecule has 6 heavy (non-hydrogen) atoms. The van der Waals surface area contributed by atoms with Crippen LogP contribution in [0.25, 0.3) is 0 Å². The normalized spacial score (nSPS) is 5.50. The number of halogens is 1. The molecule has 0 aromatic carbocycles. The second-order valence-corrected chi connectivity index (χ2v) is 0.948. The molecule has 0 aliphatic carbocycles. The highest BCUT2D eigenvalue weighted by Gasteiger charge is 1.66. The highest BCUT2D eigenvalue weighted by Crippen LogP contribution is 1.40. The van der Waals surface area contributed by atoms with Gasteiger partial charge in [-0.2, -0.15) is 0 Å². The molecule has 0 radical (unpaired) electrons. The van der Waals surface area contributed by atoms with Crippen molar-refractivity contribution in [3.63, 3.8) is 0 Å². The van der Waals surface area contributed by atoms with Crippen LogP contribution in [0.15, 0.2) is 0 Å². The summed E-state index contributed by atoms with van der Waals surface area (Å²) in [6.45, 7) is 0. The predicted octanol–water partition coefficient (Wildman–Crippen LogP) is -0.729. The van der Waals surface area contributed by atoms with Crippen LogP contribution in [0.1, 0.15) is 0 Å². The fourth-order valence-corrected chi connectivity index (χ4v) is 0. The largest absolute Gasteiger partial charge is 0.375 e. The number of hydrogen-bond acceptors (Lipinski definition) is 2. The van der Waals surface area contributed by atoms with Crippen LogP contribution >= 0.6 is 29.2 Å². The molecular weight excluding hydrogens is 166 g/mol. The van der Waals surface area contributed by atoms with Crippen molar-refractivity contribution in [2.24, 2.45) is 11.6 Å². The monoisotopic (exact) mass is 171 g/mol. The average molecular weight is 172 g/mol. The minimum absolute atomic E-state index is 0. The summed E-state index contributed by atoms with van der Waals surface area (Å²) in [6, 6.07) is 0. The van der Waals surface area contributed by atoms with Crippen molar-refractivity contribution in [1.29, 1.82) is 0 Å². The van der Waals surface area contributed by atoms with Gasteiger partial charge in [-0.05, 0) is 12.2 Å². The maximum atomic E-state index is 4.79. The number of nitrogens with one attached hydrogen (secondary N) is 1. The molecule has 0 saturated carbocycles. The second-order valence-electron chi connectivity index (χ2n) is 0.509. The number of hydrogen-bond donors (Lipinski definition) is 3. The van der Waals surface area contributed by atoms with Crippen molar-refractivity contribution in [3.8, 4) is 0 Å². The fourth-order valence-electron chi connectivity index (χ4n) is 0. The van der Waals surface area contributed by atoms with Gasteiger partial charge >= 0.3 is 0 Å². The van der Waals surface area contributed by atoms with Crippen LogP contribution in [0.3, 0.4) is 0 Å². The van der Waals surface area contributed by atoms with E-state index in [0.717, 1.165) is 0 Å². The SMILES string of the molecule is Br.NNC(N)=S. The lowest BCUT2D eigenvalue weighted by Gasteiger charge is -1.85. The van der Waals surface area contributed by atoms with Gasteiger partial charge in [-0.3, -0.25) is 0 Å². The van der Waals surface area contributed by atoms with Crippen LogP contribution < -0.4 is 17.0 Å². The fraction of sp³-hybridized carbons (Fsp3) is 0. The van der Waals surface area contributed by atoms with Gasteiger partial charge in [-0.15, -0.1) is 17.0 Å². The van der Waals surface area contributed by atoms with Crippen LogP contribution in [-0.4, -0.2) is 5.11 Å². The summed E-state index contributed by atoms with van der Waals surface area (Å²) < 4.78 is 0. The van der Waals surface area contributed by atoms with Gasteiger partial charge in [-0.25, -0.2) is 5.84 Å². The molecule has 0 aliphatic rings. The predicted molar refractivity (Wildman–Crippen MR) is 34.4 cm³/mol. The van der Waals surface area contributed by atoms with E-state index in [0.29, 0.717) is 0 Å². The Labute approximate surface area is 51.8 Å². The van der Waals surface area contributed by atoms with Gasteiger partial charge in [0, 0.05) is 0 Å². The van der Waals surface area contributed by atoms with E-state index in [1.165, 1.54) is 0 Å². The lowest BCUT2D eigenvalue weighted by atomic mass is 11.2. The summed E-state index contributed by atoms with van der Waals surface area (Å²) in [5, 5.41) is 0.116. The topological polar surface area (TPSA) is 64.1 Å². The Kier molecular flexibility index (Phi) is 8.09. The summed E-state index contributed by atoms with van der Waals surface area (Å²) in [5.74, 6) is 4.66. The molecule has 0 aliphatic heterocycles. The van der Waals surface area contributed by atoms with Gasteiger partial charge in [0.05, 0.1) is 0 Å². The first-order valence-corrected chi connectivity index (χ1v) is 1.44. The van der Waals surface area contributed by atoms with E-state index in [2.05, 4.69) is 18.1 Å². The highest BCUT2D eigenvalue weighted by molar-refractivity contribution is 8.93. The summed E-state index contributed by atoms with van der Waals surface area (Å²) in [7, 11) is 0. The van der Waals surface area contributed by atoms with E-state index in [1.54, 1.807) is 0 Å². The molecule has 0 bridgehead atoms. The highest BCUT2D eigenvalue weighted by atomic mass is 79.9. The molecule has 0 aromatic rings. The molecule has 0 fully saturated rings. The Balaban J connectivity index is 0. The minimum atomic E-state index is 0.